The molecule has 0 atom stereocenters. The van der Waals surface area contributed by atoms with E-state index in [1.165, 1.54) is 4.68 Å². The lowest BCUT2D eigenvalue weighted by Crippen LogP contribution is -2.23. The molecule has 0 aliphatic heterocycles. The topological polar surface area (TPSA) is 140 Å². The molecule has 2 heterocycles. The third kappa shape index (κ3) is 3.73. The first kappa shape index (κ1) is 19.2. The monoisotopic (exact) mass is 405 g/mol. The number of carbonyl (C=O) groups is 1. The smallest absolute Gasteiger partial charge is 0.293 e. The molecule has 0 aliphatic carbocycles. The fourth-order valence-electron chi connectivity index (χ4n) is 3.00. The van der Waals surface area contributed by atoms with E-state index in [1.54, 1.807) is 6.21 Å². The van der Waals surface area contributed by atoms with Crippen molar-refractivity contribution in [2.24, 2.45) is 5.10 Å². The van der Waals surface area contributed by atoms with Crippen LogP contribution in [0, 0.1) is 0 Å². The predicted octanol–water partition coefficient (Wildman–Crippen LogP) is 1.21. The number of hydrogen-bond donors (Lipinski definition) is 2. The second-order valence-corrected chi connectivity index (χ2v) is 6.77. The number of fused-ring (bicyclic) bond motifs is 1. The Morgan fingerprint density at radius 1 is 1.23 bits per heavy atom. The van der Waals surface area contributed by atoms with E-state index in [1.807, 2.05) is 61.5 Å². The summed E-state index contributed by atoms with van der Waals surface area (Å²) in [5, 5.41) is 21.4. The molecule has 0 aliphatic rings. The van der Waals surface area contributed by atoms with Crippen molar-refractivity contribution in [1.29, 1.82) is 0 Å². The Bertz CT molecular complexity index is 1220. The zero-order valence-corrected chi connectivity index (χ0v) is 16.4. The number of nitrogens with zero attached hydrogens (tertiary/aromatic N) is 7. The van der Waals surface area contributed by atoms with E-state index in [0.717, 1.165) is 16.3 Å². The summed E-state index contributed by atoms with van der Waals surface area (Å²) in [6.07, 6.45) is 1.59. The number of hydrazone groups is 1. The average Bonchev–Trinajstić information content (AvgIpc) is 3.33. The normalized spacial score (nSPS) is 11.6. The molecule has 152 valence electrons. The minimum atomic E-state index is -0.510. The first-order chi connectivity index (χ1) is 14.5. The highest BCUT2D eigenvalue weighted by Gasteiger charge is 2.24. The summed E-state index contributed by atoms with van der Waals surface area (Å²) in [6.45, 7) is 0.356. The van der Waals surface area contributed by atoms with Gasteiger partial charge in [0.15, 0.2) is 5.69 Å². The zero-order chi connectivity index (χ0) is 21.1. The molecule has 0 radical (unpaired) electrons. The number of rotatable bonds is 6. The summed E-state index contributed by atoms with van der Waals surface area (Å²) in [5.74, 6) is -0.303. The summed E-state index contributed by atoms with van der Waals surface area (Å²) in [5.41, 5.74) is 9.71. The van der Waals surface area contributed by atoms with Gasteiger partial charge >= 0.3 is 0 Å². The van der Waals surface area contributed by atoms with Crippen LogP contribution in [-0.4, -0.2) is 56.4 Å². The highest BCUT2D eigenvalue weighted by atomic mass is 16.6. The van der Waals surface area contributed by atoms with Gasteiger partial charge in [0.2, 0.25) is 11.6 Å². The Balaban J connectivity index is 1.59. The van der Waals surface area contributed by atoms with Crippen LogP contribution in [0.4, 0.5) is 5.82 Å². The van der Waals surface area contributed by atoms with Crippen molar-refractivity contribution in [3.8, 4) is 5.82 Å². The number of amides is 1. The van der Waals surface area contributed by atoms with Crippen molar-refractivity contribution < 1.29 is 9.42 Å². The number of nitrogens with one attached hydrogen (secondary N) is 1. The molecular weight excluding hydrogens is 386 g/mol. The molecule has 11 heteroatoms. The fraction of sp³-hybridized carbons (Fsp3) is 0.158. The van der Waals surface area contributed by atoms with Crippen LogP contribution in [0.3, 0.4) is 0 Å². The van der Waals surface area contributed by atoms with Gasteiger partial charge in [-0.25, -0.2) is 10.1 Å². The SMILES string of the molecule is CN(C)Cc1c(C(=O)N/N=C\c2cccc3ccccc23)nnn1-c1nonc1N. The van der Waals surface area contributed by atoms with Crippen LogP contribution in [0.1, 0.15) is 21.7 Å². The van der Waals surface area contributed by atoms with Gasteiger partial charge in [-0.1, -0.05) is 47.7 Å². The van der Waals surface area contributed by atoms with E-state index in [-0.39, 0.29) is 17.3 Å². The van der Waals surface area contributed by atoms with Gasteiger partial charge in [-0.15, -0.1) is 5.10 Å². The fourth-order valence-corrected chi connectivity index (χ4v) is 3.00. The van der Waals surface area contributed by atoms with Gasteiger partial charge in [-0.3, -0.25) is 4.79 Å². The van der Waals surface area contributed by atoms with Gasteiger partial charge in [0.1, 0.15) is 0 Å². The maximum atomic E-state index is 12.7. The second kappa shape index (κ2) is 8.09. The molecule has 0 fully saturated rings. The number of carbonyl (C=O) groups excluding carboxylic acids is 1. The number of nitrogen functional groups attached to an aromatic ring is 1. The van der Waals surface area contributed by atoms with E-state index in [0.29, 0.717) is 12.2 Å². The Labute approximate surface area is 171 Å². The summed E-state index contributed by atoms with van der Waals surface area (Å²) in [4.78, 5) is 14.6. The molecule has 0 saturated carbocycles. The third-order valence-corrected chi connectivity index (χ3v) is 4.33. The van der Waals surface area contributed by atoms with E-state index in [2.05, 4.69) is 35.8 Å². The van der Waals surface area contributed by atoms with Gasteiger partial charge in [-0.2, -0.15) is 9.78 Å². The Morgan fingerprint density at radius 2 is 2.03 bits per heavy atom. The zero-order valence-electron chi connectivity index (χ0n) is 16.4. The molecule has 3 N–H and O–H groups in total. The Hall–Kier alpha value is -4.12. The van der Waals surface area contributed by atoms with Crippen molar-refractivity contribution in [3.63, 3.8) is 0 Å². The predicted molar refractivity (Wildman–Crippen MR) is 110 cm³/mol. The first-order valence-corrected chi connectivity index (χ1v) is 9.03. The molecule has 1 amide bonds. The molecular formula is C19H19N9O2. The van der Waals surface area contributed by atoms with Gasteiger partial charge in [0, 0.05) is 12.1 Å². The molecule has 0 unspecified atom stereocenters. The Kier molecular flexibility index (Phi) is 5.18. The molecule has 2 aromatic heterocycles. The lowest BCUT2D eigenvalue weighted by molar-refractivity contribution is 0.0948. The highest BCUT2D eigenvalue weighted by Crippen LogP contribution is 2.18. The quantitative estimate of drug-likeness (QED) is 0.360. The molecule has 2 aromatic carbocycles. The number of benzene rings is 2. The van der Waals surface area contributed by atoms with Crippen molar-refractivity contribution in [3.05, 3.63) is 59.4 Å². The van der Waals surface area contributed by atoms with Gasteiger partial charge in [0.25, 0.3) is 5.91 Å². The van der Waals surface area contributed by atoms with E-state index < -0.39 is 5.91 Å². The molecule has 30 heavy (non-hydrogen) atoms. The van der Waals surface area contributed by atoms with Crippen LogP contribution in [0.15, 0.2) is 52.2 Å². The molecule has 4 aromatic rings. The minimum Gasteiger partial charge on any atom is -0.378 e. The highest BCUT2D eigenvalue weighted by molar-refractivity contribution is 6.00. The molecule has 0 saturated heterocycles. The standard InChI is InChI=1S/C19H19N9O2/c1-27(2)11-15-16(22-26-28(15)18-17(20)24-30-25-18)19(29)23-21-10-13-8-5-7-12-6-3-4-9-14(12)13/h3-10H,11H2,1-2H3,(H2,20,24)(H,23,29)/b21-10-. The van der Waals surface area contributed by atoms with Crippen LogP contribution in [0.2, 0.25) is 0 Å². The number of nitrogens with two attached hydrogens (primary N) is 1. The maximum absolute atomic E-state index is 12.7. The van der Waals surface area contributed by atoms with E-state index >= 15 is 0 Å². The molecule has 0 bridgehead atoms. The van der Waals surface area contributed by atoms with E-state index in [9.17, 15) is 4.79 Å². The maximum Gasteiger partial charge on any atom is 0.293 e. The van der Waals surface area contributed by atoms with Crippen LogP contribution in [-0.2, 0) is 6.54 Å². The first-order valence-electron chi connectivity index (χ1n) is 9.03. The van der Waals surface area contributed by atoms with Crippen LogP contribution in [0.25, 0.3) is 16.6 Å². The molecule has 11 nitrogen and oxygen atoms in total. The van der Waals surface area contributed by atoms with Gasteiger partial charge in [0.05, 0.1) is 11.9 Å². The third-order valence-electron chi connectivity index (χ3n) is 4.33. The van der Waals surface area contributed by atoms with Crippen molar-refractivity contribution in [2.75, 3.05) is 19.8 Å². The second-order valence-electron chi connectivity index (χ2n) is 6.77. The lowest BCUT2D eigenvalue weighted by Gasteiger charge is -2.11. The number of anilines is 1. The van der Waals surface area contributed by atoms with Gasteiger partial charge < -0.3 is 10.6 Å². The summed E-state index contributed by atoms with van der Waals surface area (Å²) in [6, 6.07) is 13.8. The van der Waals surface area contributed by atoms with Crippen molar-refractivity contribution in [2.45, 2.75) is 6.54 Å². The lowest BCUT2D eigenvalue weighted by atomic mass is 10.1. The van der Waals surface area contributed by atoms with E-state index in [4.69, 9.17) is 5.73 Å². The summed E-state index contributed by atoms with van der Waals surface area (Å²) in [7, 11) is 3.70. The van der Waals surface area contributed by atoms with Gasteiger partial charge in [-0.05, 0) is 35.2 Å². The average molecular weight is 405 g/mol. The Morgan fingerprint density at radius 3 is 2.80 bits per heavy atom. The number of hydrogen-bond acceptors (Lipinski definition) is 9. The molecule has 0 spiro atoms. The molecule has 4 rings (SSSR count). The van der Waals surface area contributed by atoms with Crippen LogP contribution < -0.4 is 11.2 Å². The summed E-state index contributed by atoms with van der Waals surface area (Å²) < 4.78 is 5.96. The van der Waals surface area contributed by atoms with Crippen molar-refractivity contribution in [1.82, 2.24) is 35.6 Å². The van der Waals surface area contributed by atoms with Crippen LogP contribution in [0.5, 0.6) is 0 Å². The summed E-state index contributed by atoms with van der Waals surface area (Å²) >= 11 is 0. The number of aromatic nitrogens is 5. The minimum absolute atomic E-state index is 0.0424. The van der Waals surface area contributed by atoms with Crippen molar-refractivity contribution >= 4 is 28.7 Å². The largest absolute Gasteiger partial charge is 0.378 e. The van der Waals surface area contributed by atoms with Crippen LogP contribution >= 0.6 is 0 Å².